The zero-order chi connectivity index (χ0) is 11.5. The van der Waals surface area contributed by atoms with E-state index in [0.29, 0.717) is 18.5 Å². The van der Waals surface area contributed by atoms with Gasteiger partial charge >= 0.3 is 0 Å². The summed E-state index contributed by atoms with van der Waals surface area (Å²) in [6.07, 6.45) is 2.47. The molecule has 0 bridgehead atoms. The number of rotatable bonds is 2. The number of hydrogen-bond donors (Lipinski definition) is 1. The van der Waals surface area contributed by atoms with Crippen molar-refractivity contribution in [3.05, 3.63) is 34.9 Å². The molecule has 1 saturated heterocycles. The van der Waals surface area contributed by atoms with Gasteiger partial charge in [0.15, 0.2) is 0 Å². The molecule has 1 aliphatic rings. The maximum Gasteiger partial charge on any atom is 0.132 e. The van der Waals surface area contributed by atoms with Gasteiger partial charge < -0.3 is 5.32 Å². The molecule has 1 N–H and O–H groups in total. The summed E-state index contributed by atoms with van der Waals surface area (Å²) >= 11 is 0. The Labute approximate surface area is 94.9 Å². The van der Waals surface area contributed by atoms with Crippen molar-refractivity contribution in [1.82, 2.24) is 5.32 Å². The fraction of sp³-hybridized carbons (Fsp3) is 0.538. The predicted octanol–water partition coefficient (Wildman–Crippen LogP) is 2.99. The van der Waals surface area contributed by atoms with Gasteiger partial charge in [0.05, 0.1) is 0 Å². The molecule has 1 unspecified atom stereocenters. The average molecular weight is 225 g/mol. The van der Waals surface area contributed by atoms with Crippen LogP contribution in [-0.2, 0) is 6.42 Å². The third-order valence-corrected chi connectivity index (χ3v) is 3.29. The lowest BCUT2D eigenvalue weighted by Crippen LogP contribution is -2.29. The number of aryl methyl sites for hydroxylation is 1. The number of halogens is 2. The van der Waals surface area contributed by atoms with E-state index >= 15 is 0 Å². The molecule has 0 radical (unpaired) electrons. The van der Waals surface area contributed by atoms with Crippen LogP contribution in [0.15, 0.2) is 12.1 Å². The van der Waals surface area contributed by atoms with Crippen LogP contribution in [0.4, 0.5) is 8.78 Å². The molecule has 0 aromatic heterocycles. The SMILES string of the molecule is CCc1ccc(F)c(C2CCCNC2)c1F. The van der Waals surface area contributed by atoms with E-state index in [0.717, 1.165) is 19.4 Å². The number of nitrogens with one attached hydrogen (secondary N) is 1. The first-order valence-electron chi connectivity index (χ1n) is 5.91. The van der Waals surface area contributed by atoms with E-state index in [1.54, 1.807) is 6.07 Å². The maximum atomic E-state index is 14.1. The Kier molecular flexibility index (Phi) is 3.54. The molecule has 1 aromatic rings. The molecule has 88 valence electrons. The minimum Gasteiger partial charge on any atom is -0.316 e. The van der Waals surface area contributed by atoms with Crippen molar-refractivity contribution >= 4 is 0 Å². The highest BCUT2D eigenvalue weighted by Gasteiger charge is 2.23. The van der Waals surface area contributed by atoms with E-state index in [1.807, 2.05) is 6.92 Å². The minimum atomic E-state index is -0.400. The molecule has 0 aliphatic carbocycles. The molecule has 3 heteroatoms. The zero-order valence-corrected chi connectivity index (χ0v) is 9.52. The molecule has 16 heavy (non-hydrogen) atoms. The van der Waals surface area contributed by atoms with Gasteiger partial charge in [-0.15, -0.1) is 0 Å². The first-order chi connectivity index (χ1) is 7.74. The largest absolute Gasteiger partial charge is 0.316 e. The quantitative estimate of drug-likeness (QED) is 0.816. The second kappa shape index (κ2) is 4.91. The van der Waals surface area contributed by atoms with Crippen molar-refractivity contribution < 1.29 is 8.78 Å². The van der Waals surface area contributed by atoms with Gasteiger partial charge in [-0.25, -0.2) is 8.78 Å². The molecular weight excluding hydrogens is 208 g/mol. The molecule has 2 rings (SSSR count). The van der Waals surface area contributed by atoms with Gasteiger partial charge in [0.25, 0.3) is 0 Å². The summed E-state index contributed by atoms with van der Waals surface area (Å²) in [6, 6.07) is 2.94. The third-order valence-electron chi connectivity index (χ3n) is 3.29. The lowest BCUT2D eigenvalue weighted by molar-refractivity contribution is 0.426. The molecule has 0 saturated carbocycles. The van der Waals surface area contributed by atoms with Crippen LogP contribution < -0.4 is 5.32 Å². The highest BCUT2D eigenvalue weighted by atomic mass is 19.1. The van der Waals surface area contributed by atoms with E-state index in [-0.39, 0.29) is 17.3 Å². The highest BCUT2D eigenvalue weighted by molar-refractivity contribution is 5.31. The van der Waals surface area contributed by atoms with Crippen LogP contribution in [0.1, 0.15) is 36.8 Å². The normalized spacial score (nSPS) is 21.1. The van der Waals surface area contributed by atoms with E-state index < -0.39 is 5.82 Å². The lowest BCUT2D eigenvalue weighted by Gasteiger charge is -2.24. The van der Waals surface area contributed by atoms with Gasteiger partial charge in [0.1, 0.15) is 11.6 Å². The third kappa shape index (κ3) is 2.09. The fourth-order valence-electron chi connectivity index (χ4n) is 2.36. The summed E-state index contributed by atoms with van der Waals surface area (Å²) in [7, 11) is 0. The van der Waals surface area contributed by atoms with Gasteiger partial charge in [0.2, 0.25) is 0 Å². The Morgan fingerprint density at radius 2 is 2.19 bits per heavy atom. The summed E-state index contributed by atoms with van der Waals surface area (Å²) in [5.74, 6) is -0.750. The summed E-state index contributed by atoms with van der Waals surface area (Å²) < 4.78 is 27.7. The van der Waals surface area contributed by atoms with Gasteiger partial charge in [-0.2, -0.15) is 0 Å². The Morgan fingerprint density at radius 1 is 1.38 bits per heavy atom. The molecule has 1 nitrogen and oxygen atoms in total. The van der Waals surface area contributed by atoms with Crippen molar-refractivity contribution in [2.45, 2.75) is 32.1 Å². The first-order valence-corrected chi connectivity index (χ1v) is 5.91. The van der Waals surface area contributed by atoms with Crippen LogP contribution in [0.2, 0.25) is 0 Å². The van der Waals surface area contributed by atoms with Crippen LogP contribution in [0.25, 0.3) is 0 Å². The van der Waals surface area contributed by atoms with Gasteiger partial charge in [0, 0.05) is 18.0 Å². The molecule has 1 aromatic carbocycles. The van der Waals surface area contributed by atoms with E-state index in [4.69, 9.17) is 0 Å². The molecule has 1 atom stereocenters. The standard InChI is InChI=1S/C13H17F2N/c1-2-9-5-6-11(14)12(13(9)15)10-4-3-7-16-8-10/h5-6,10,16H,2-4,7-8H2,1H3. The summed E-state index contributed by atoms with van der Waals surface area (Å²) in [5, 5.41) is 3.19. The summed E-state index contributed by atoms with van der Waals surface area (Å²) in [5.41, 5.74) is 0.897. The van der Waals surface area contributed by atoms with Crippen molar-refractivity contribution in [2.75, 3.05) is 13.1 Å². The molecule has 1 aliphatic heterocycles. The molecule has 1 heterocycles. The zero-order valence-electron chi connectivity index (χ0n) is 9.52. The Balaban J connectivity index is 2.37. The van der Waals surface area contributed by atoms with Gasteiger partial charge in [-0.1, -0.05) is 13.0 Å². The van der Waals surface area contributed by atoms with Crippen LogP contribution in [-0.4, -0.2) is 13.1 Å². The number of piperidine rings is 1. The minimum absolute atomic E-state index is 0.0137. The van der Waals surface area contributed by atoms with Crippen molar-refractivity contribution in [1.29, 1.82) is 0 Å². The predicted molar refractivity (Wildman–Crippen MR) is 60.6 cm³/mol. The topological polar surface area (TPSA) is 12.0 Å². The van der Waals surface area contributed by atoms with Gasteiger partial charge in [-0.05, 0) is 37.4 Å². The lowest BCUT2D eigenvalue weighted by atomic mass is 9.89. The van der Waals surface area contributed by atoms with Crippen LogP contribution in [0.3, 0.4) is 0 Å². The Hall–Kier alpha value is -0.960. The van der Waals surface area contributed by atoms with E-state index in [1.165, 1.54) is 6.07 Å². The second-order valence-electron chi connectivity index (χ2n) is 4.33. The molecule has 0 amide bonds. The van der Waals surface area contributed by atoms with E-state index in [9.17, 15) is 8.78 Å². The first kappa shape index (κ1) is 11.5. The van der Waals surface area contributed by atoms with Crippen LogP contribution in [0.5, 0.6) is 0 Å². The van der Waals surface area contributed by atoms with Crippen molar-refractivity contribution in [2.24, 2.45) is 0 Å². The smallest absolute Gasteiger partial charge is 0.132 e. The van der Waals surface area contributed by atoms with Crippen molar-refractivity contribution in [3.63, 3.8) is 0 Å². The van der Waals surface area contributed by atoms with Crippen LogP contribution >= 0.6 is 0 Å². The Bertz CT molecular complexity index is 370. The number of hydrogen-bond acceptors (Lipinski definition) is 1. The van der Waals surface area contributed by atoms with Crippen molar-refractivity contribution in [3.8, 4) is 0 Å². The highest BCUT2D eigenvalue weighted by Crippen LogP contribution is 2.29. The second-order valence-corrected chi connectivity index (χ2v) is 4.33. The average Bonchev–Trinajstić information content (AvgIpc) is 2.31. The fourth-order valence-corrected chi connectivity index (χ4v) is 2.36. The molecule has 0 spiro atoms. The van der Waals surface area contributed by atoms with Crippen LogP contribution in [0, 0.1) is 11.6 Å². The Morgan fingerprint density at radius 3 is 2.81 bits per heavy atom. The molecule has 1 fully saturated rings. The monoisotopic (exact) mass is 225 g/mol. The summed E-state index contributed by atoms with van der Waals surface area (Å²) in [4.78, 5) is 0. The van der Waals surface area contributed by atoms with E-state index in [2.05, 4.69) is 5.32 Å². The number of benzene rings is 1. The summed E-state index contributed by atoms with van der Waals surface area (Å²) in [6.45, 7) is 3.52. The van der Waals surface area contributed by atoms with Gasteiger partial charge in [-0.3, -0.25) is 0 Å². The maximum absolute atomic E-state index is 14.1. The molecular formula is C13H17F2N.